The molecular weight excluding hydrogens is 1050 g/mol. The van der Waals surface area contributed by atoms with Crippen molar-refractivity contribution in [1.29, 1.82) is 0 Å². The Morgan fingerprint density at radius 1 is 0.797 bits per heavy atom. The van der Waals surface area contributed by atoms with Crippen LogP contribution in [0.1, 0.15) is 66.0 Å². The van der Waals surface area contributed by atoms with Crippen LogP contribution in [0.4, 0.5) is 0 Å². The van der Waals surface area contributed by atoms with Crippen LogP contribution in [0.2, 0.25) is 5.02 Å². The van der Waals surface area contributed by atoms with Crippen molar-refractivity contribution >= 4 is 61.7 Å². The van der Waals surface area contributed by atoms with E-state index in [0.29, 0.717) is 52.8 Å². The van der Waals surface area contributed by atoms with E-state index >= 15 is 0 Å². The van der Waals surface area contributed by atoms with E-state index in [-0.39, 0.29) is 34.6 Å². The molecule has 18 nitrogen and oxygen atoms in total. The Morgan fingerprint density at radius 2 is 1.46 bits per heavy atom. The highest BCUT2D eigenvalue weighted by atomic mass is 35.5. The van der Waals surface area contributed by atoms with Crippen LogP contribution in [-0.2, 0) is 53.9 Å². The highest BCUT2D eigenvalue weighted by Gasteiger charge is 2.39. The molecule has 0 saturated heterocycles. The number of aryl methyl sites for hydroxylation is 3. The van der Waals surface area contributed by atoms with Crippen LogP contribution in [0.3, 0.4) is 0 Å². The number of imidazole rings is 2. The lowest BCUT2D eigenvalue weighted by molar-refractivity contribution is -0.139. The van der Waals surface area contributed by atoms with Gasteiger partial charge in [0.15, 0.2) is 0 Å². The maximum Gasteiger partial charge on any atom is 0.336 e. The molecule has 0 aliphatic carbocycles. The Hall–Kier alpha value is -8.01. The van der Waals surface area contributed by atoms with Gasteiger partial charge >= 0.3 is 17.9 Å². The van der Waals surface area contributed by atoms with E-state index in [1.807, 2.05) is 42.5 Å². The van der Waals surface area contributed by atoms with Crippen molar-refractivity contribution in [1.82, 2.24) is 24.4 Å². The van der Waals surface area contributed by atoms with Crippen molar-refractivity contribution in [3.8, 4) is 22.5 Å². The number of halogens is 1. The summed E-state index contributed by atoms with van der Waals surface area (Å²) in [6.45, 7) is 9.39. The van der Waals surface area contributed by atoms with Gasteiger partial charge in [-0.1, -0.05) is 110 Å². The average Bonchev–Trinajstić information content (AvgIpc) is 4.10. The summed E-state index contributed by atoms with van der Waals surface area (Å²) in [5, 5.41) is 13.1. The summed E-state index contributed by atoms with van der Waals surface area (Å²) in [5.74, 6) is -0.780. The van der Waals surface area contributed by atoms with Crippen molar-refractivity contribution in [2.24, 2.45) is 12.8 Å². The number of carbonyl (C=O) groups excluding carboxylic acids is 2. The number of nitrogens with two attached hydrogens (primary N) is 1. The molecule has 1 aliphatic heterocycles. The second-order valence-electron chi connectivity index (χ2n) is 17.9. The number of benzene rings is 6. The van der Waals surface area contributed by atoms with E-state index in [2.05, 4.69) is 65.7 Å². The normalized spacial score (nSPS) is 13.0. The molecular formula is C59H65ClN6O12S. The number of nitrogens with zero attached hydrogens (tertiary/aromatic N) is 4. The number of esters is 2. The van der Waals surface area contributed by atoms with Crippen molar-refractivity contribution in [3.63, 3.8) is 0 Å². The molecule has 0 bridgehead atoms. The lowest BCUT2D eigenvalue weighted by Gasteiger charge is -2.31. The number of rotatable bonds is 16. The van der Waals surface area contributed by atoms with E-state index in [1.54, 1.807) is 68.4 Å². The Morgan fingerprint density at radius 3 is 2.08 bits per heavy atom. The molecule has 0 unspecified atom stereocenters. The van der Waals surface area contributed by atoms with Gasteiger partial charge in [-0.25, -0.2) is 24.4 Å². The molecule has 6 aromatic carbocycles. The zero-order valence-corrected chi connectivity index (χ0v) is 46.2. The molecule has 20 heteroatoms. The van der Waals surface area contributed by atoms with Crippen molar-refractivity contribution in [3.05, 3.63) is 195 Å². The standard InChI is InChI=1S/C33H30N4O2.C20H25ClN2O5.C6H6O3S.2H2O/c1-4-9-30-35-31-21(2)18-24(32-34-27-12-7-8-13-28(27)36(32)3)19-29(31)37(30)20-22-14-16-23(17-15-22)25-10-5-6-11-26(25)33(38)39;1-4-28-20(25)18-15(11-27-10-9-22)23-12(2)16(19(24)26-3)17(18)13-7-5-6-8-14(13)21;7-10(8,9)6-4-2-1-3-5-6;;/h5-8,10-19H,4,9,20H2,1-3H3,(H,38,39);5-8,17,23H,4,9-11,22H2,1-3H3;1-5H,(H,7,8,9);2*1H2/t;17-;;;/m.0.../s1. The third kappa shape index (κ3) is 14.4. The predicted octanol–water partition coefficient (Wildman–Crippen LogP) is 8.81. The minimum Gasteiger partial charge on any atom is -0.478 e. The summed E-state index contributed by atoms with van der Waals surface area (Å²) in [5.41, 5.74) is 17.2. The van der Waals surface area contributed by atoms with Gasteiger partial charge < -0.3 is 50.5 Å². The maximum absolute atomic E-state index is 12.9. The second-order valence-corrected chi connectivity index (χ2v) is 19.7. The van der Waals surface area contributed by atoms with Crippen LogP contribution in [0, 0.1) is 6.92 Å². The van der Waals surface area contributed by atoms with E-state index < -0.39 is 33.9 Å². The molecule has 3 heterocycles. The van der Waals surface area contributed by atoms with Crippen molar-refractivity contribution in [2.75, 3.05) is 33.5 Å². The number of aromatic nitrogens is 4. The number of carboxylic acids is 1. The quantitative estimate of drug-likeness (QED) is 0.0399. The lowest BCUT2D eigenvalue weighted by atomic mass is 9.80. The van der Waals surface area contributed by atoms with E-state index in [1.165, 1.54) is 19.2 Å². The Bertz CT molecular complexity index is 3620. The van der Waals surface area contributed by atoms with Gasteiger partial charge in [-0.05, 0) is 104 Å². The van der Waals surface area contributed by atoms with Gasteiger partial charge in [-0.3, -0.25) is 4.55 Å². The first-order valence-electron chi connectivity index (χ1n) is 24.8. The number of dihydropyridines is 1. The number of ether oxygens (including phenoxy) is 3. The number of carboxylic acid groups (broad SMARTS) is 1. The number of para-hydroxylation sites is 2. The summed E-state index contributed by atoms with van der Waals surface area (Å²) in [7, 11) is -0.648. The Kier molecular flexibility index (Phi) is 22.0. The zero-order valence-electron chi connectivity index (χ0n) is 44.6. The number of methoxy groups -OCH3 is 1. The minimum absolute atomic E-state index is 0. The fourth-order valence-corrected chi connectivity index (χ4v) is 9.91. The third-order valence-corrected chi connectivity index (χ3v) is 13.9. The van der Waals surface area contributed by atoms with Crippen LogP contribution in [0.5, 0.6) is 0 Å². The predicted molar refractivity (Wildman–Crippen MR) is 305 cm³/mol. The molecule has 1 atom stereocenters. The van der Waals surface area contributed by atoms with Crippen molar-refractivity contribution < 1.29 is 57.6 Å². The molecule has 416 valence electrons. The summed E-state index contributed by atoms with van der Waals surface area (Å²) >= 11 is 6.42. The molecule has 0 radical (unpaired) electrons. The SMILES string of the molecule is CCCc1nc2c(C)cc(-c3nc4ccccc4n3C)cc2n1Cc1ccc(-c2ccccc2C(=O)O)cc1.CCOC(=O)C1=C(COCCN)NC(C)=C(C(=O)OC)[C@@H]1c1ccccc1Cl.O.O.O=S(=O)(O)c1ccccc1. The first-order chi connectivity index (χ1) is 37.0. The second kappa shape index (κ2) is 28.0. The molecule has 9 rings (SSSR count). The molecule has 0 spiro atoms. The first-order valence-corrected chi connectivity index (χ1v) is 26.7. The highest BCUT2D eigenvalue weighted by Crippen LogP contribution is 2.42. The monoisotopic (exact) mass is 1120 g/mol. The van der Waals surface area contributed by atoms with Crippen LogP contribution >= 0.6 is 11.6 Å². The molecule has 2 aromatic heterocycles. The maximum atomic E-state index is 12.9. The van der Waals surface area contributed by atoms with Gasteiger partial charge in [0.25, 0.3) is 10.1 Å². The smallest absolute Gasteiger partial charge is 0.336 e. The van der Waals surface area contributed by atoms with Gasteiger partial charge in [0.05, 0.1) is 82.2 Å². The number of nitrogens with one attached hydrogen (secondary N) is 1. The topological polar surface area (TPSA) is 290 Å². The van der Waals surface area contributed by atoms with Gasteiger partial charge in [-0.2, -0.15) is 8.42 Å². The van der Waals surface area contributed by atoms with Gasteiger partial charge in [-0.15, -0.1) is 0 Å². The number of fused-ring (bicyclic) bond motifs is 2. The van der Waals surface area contributed by atoms with Gasteiger partial charge in [0.1, 0.15) is 11.6 Å². The number of allylic oxidation sites excluding steroid dienone is 1. The molecule has 0 amide bonds. The summed E-state index contributed by atoms with van der Waals surface area (Å²) in [4.78, 5) is 47.1. The van der Waals surface area contributed by atoms with Crippen LogP contribution in [0.25, 0.3) is 44.6 Å². The fourth-order valence-electron chi connectivity index (χ4n) is 9.17. The van der Waals surface area contributed by atoms with E-state index in [9.17, 15) is 27.9 Å². The summed E-state index contributed by atoms with van der Waals surface area (Å²) < 4.78 is 49.5. The first kappa shape index (κ1) is 61.8. The Labute approximate surface area is 463 Å². The molecule has 9 N–H and O–H groups in total. The number of hydrogen-bond donors (Lipinski definition) is 4. The van der Waals surface area contributed by atoms with Gasteiger partial charge in [0.2, 0.25) is 0 Å². The van der Waals surface area contributed by atoms with Gasteiger partial charge in [0, 0.05) is 42.8 Å². The number of aromatic carboxylic acids is 1. The van der Waals surface area contributed by atoms with E-state index in [4.69, 9.17) is 46.1 Å². The van der Waals surface area contributed by atoms with E-state index in [0.717, 1.165) is 74.4 Å². The fraction of sp³-hybridized carbons (Fsp3) is 0.237. The third-order valence-electron chi connectivity index (χ3n) is 12.7. The zero-order chi connectivity index (χ0) is 55.4. The molecule has 8 aromatic rings. The molecule has 0 saturated carbocycles. The molecule has 1 aliphatic rings. The lowest BCUT2D eigenvalue weighted by Crippen LogP contribution is -2.35. The summed E-state index contributed by atoms with van der Waals surface area (Å²) in [6.07, 6.45) is 1.89. The highest BCUT2D eigenvalue weighted by molar-refractivity contribution is 7.85. The van der Waals surface area contributed by atoms with Crippen LogP contribution < -0.4 is 11.1 Å². The minimum atomic E-state index is -4.00. The van der Waals surface area contributed by atoms with Crippen LogP contribution in [0.15, 0.2) is 167 Å². The molecule has 79 heavy (non-hydrogen) atoms. The Balaban J connectivity index is 0.000000251. The summed E-state index contributed by atoms with van der Waals surface area (Å²) in [6, 6.07) is 42.4. The molecule has 0 fully saturated rings. The number of hydrogen-bond acceptors (Lipinski definition) is 12. The van der Waals surface area contributed by atoms with Crippen molar-refractivity contribution in [2.45, 2.75) is 57.9 Å². The largest absolute Gasteiger partial charge is 0.478 e. The number of carbonyl (C=O) groups is 3. The average molecular weight is 1120 g/mol. The van der Waals surface area contributed by atoms with Crippen LogP contribution in [-0.4, -0.2) is 99.5 Å².